The van der Waals surface area contributed by atoms with Crippen LogP contribution in [0.5, 0.6) is 0 Å². The number of aliphatic hydroxyl groups excluding tert-OH is 2. The van der Waals surface area contributed by atoms with E-state index in [1.54, 1.807) is 0 Å². The van der Waals surface area contributed by atoms with Gasteiger partial charge in [-0.05, 0) is 24.3 Å². The summed E-state index contributed by atoms with van der Waals surface area (Å²) >= 11 is 0. The number of aliphatic hydroxyl groups is 2. The minimum atomic E-state index is -4.43. The minimum Gasteiger partial charge on any atom is -0.394 e. The van der Waals surface area contributed by atoms with E-state index in [0.29, 0.717) is 0 Å². The second-order valence-corrected chi connectivity index (χ2v) is 3.74. The molecule has 4 N–H and O–H groups in total. The highest BCUT2D eigenvalue weighted by Gasteiger charge is 2.29. The van der Waals surface area contributed by atoms with Crippen LogP contribution in [-0.2, 0) is 6.18 Å². The molecule has 0 fully saturated rings. The summed E-state index contributed by atoms with van der Waals surface area (Å²) in [7, 11) is 0. The lowest BCUT2D eigenvalue weighted by atomic mass is 10.2. The topological polar surface area (TPSA) is 81.6 Å². The standard InChI is InChI=1S/C11H13F3N2O3/c12-11(13,14)7-1-3-8(4-2-7)15-10(19)16-9(5-17)6-18/h1-4,9,17-18H,5-6H2,(H2,15,16,19). The van der Waals surface area contributed by atoms with Crippen LogP contribution >= 0.6 is 0 Å². The second-order valence-electron chi connectivity index (χ2n) is 3.74. The Morgan fingerprint density at radius 1 is 1.16 bits per heavy atom. The van der Waals surface area contributed by atoms with Crippen LogP contribution < -0.4 is 10.6 Å². The van der Waals surface area contributed by atoms with Gasteiger partial charge in [-0.1, -0.05) is 0 Å². The van der Waals surface area contributed by atoms with Crippen LogP contribution in [0.3, 0.4) is 0 Å². The number of anilines is 1. The van der Waals surface area contributed by atoms with Crippen LogP contribution in [0.15, 0.2) is 24.3 Å². The Balaban J connectivity index is 2.61. The molecule has 0 spiro atoms. The van der Waals surface area contributed by atoms with Crippen molar-refractivity contribution in [3.8, 4) is 0 Å². The van der Waals surface area contributed by atoms with Gasteiger partial charge in [-0.15, -0.1) is 0 Å². The zero-order valence-corrected chi connectivity index (χ0v) is 9.74. The van der Waals surface area contributed by atoms with E-state index in [-0.39, 0.29) is 5.69 Å². The number of hydrogen-bond acceptors (Lipinski definition) is 3. The second kappa shape index (κ2) is 6.39. The van der Waals surface area contributed by atoms with Crippen molar-refractivity contribution < 1.29 is 28.2 Å². The normalized spacial score (nSPS) is 11.5. The van der Waals surface area contributed by atoms with Gasteiger partial charge in [-0.25, -0.2) is 4.79 Å². The van der Waals surface area contributed by atoms with E-state index in [1.807, 2.05) is 0 Å². The largest absolute Gasteiger partial charge is 0.416 e. The van der Waals surface area contributed by atoms with Gasteiger partial charge in [-0.2, -0.15) is 13.2 Å². The van der Waals surface area contributed by atoms with Crippen LogP contribution in [-0.4, -0.2) is 35.5 Å². The summed E-state index contributed by atoms with van der Waals surface area (Å²) in [6.45, 7) is -0.895. The van der Waals surface area contributed by atoms with Gasteiger partial charge >= 0.3 is 12.2 Å². The molecule has 19 heavy (non-hydrogen) atoms. The Kier molecular flexibility index (Phi) is 5.13. The molecular weight excluding hydrogens is 265 g/mol. The molecule has 0 unspecified atom stereocenters. The number of halogens is 3. The first-order valence-electron chi connectivity index (χ1n) is 5.33. The smallest absolute Gasteiger partial charge is 0.394 e. The van der Waals surface area contributed by atoms with Crippen molar-refractivity contribution in [2.75, 3.05) is 18.5 Å². The van der Waals surface area contributed by atoms with Gasteiger partial charge < -0.3 is 20.8 Å². The van der Waals surface area contributed by atoms with E-state index < -0.39 is 37.0 Å². The monoisotopic (exact) mass is 278 g/mol. The average molecular weight is 278 g/mol. The molecule has 0 aliphatic heterocycles. The van der Waals surface area contributed by atoms with E-state index in [4.69, 9.17) is 10.2 Å². The first-order chi connectivity index (χ1) is 8.86. The highest BCUT2D eigenvalue weighted by Crippen LogP contribution is 2.29. The molecule has 0 aliphatic rings. The number of benzene rings is 1. The lowest BCUT2D eigenvalue weighted by Crippen LogP contribution is -2.42. The molecule has 1 aromatic rings. The Morgan fingerprint density at radius 3 is 2.11 bits per heavy atom. The predicted molar refractivity (Wildman–Crippen MR) is 61.6 cm³/mol. The number of hydrogen-bond donors (Lipinski definition) is 4. The summed E-state index contributed by atoms with van der Waals surface area (Å²) in [5, 5.41) is 22.0. The molecule has 0 saturated heterocycles. The van der Waals surface area contributed by atoms with Gasteiger partial charge in [0.2, 0.25) is 0 Å². The van der Waals surface area contributed by atoms with E-state index in [2.05, 4.69) is 10.6 Å². The van der Waals surface area contributed by atoms with E-state index in [1.165, 1.54) is 0 Å². The number of alkyl halides is 3. The number of amides is 2. The van der Waals surface area contributed by atoms with Crippen LogP contribution in [0.1, 0.15) is 5.56 Å². The Bertz CT molecular complexity index is 416. The molecule has 0 heterocycles. The van der Waals surface area contributed by atoms with E-state index >= 15 is 0 Å². The average Bonchev–Trinajstić information content (AvgIpc) is 2.35. The number of rotatable bonds is 4. The Morgan fingerprint density at radius 2 is 1.68 bits per heavy atom. The quantitative estimate of drug-likeness (QED) is 0.667. The molecule has 0 radical (unpaired) electrons. The lowest BCUT2D eigenvalue weighted by molar-refractivity contribution is -0.137. The zero-order valence-electron chi connectivity index (χ0n) is 9.74. The molecular formula is C11H13F3N2O3. The van der Waals surface area contributed by atoms with Gasteiger partial charge in [-0.3, -0.25) is 0 Å². The molecule has 1 rings (SSSR count). The molecule has 106 valence electrons. The molecule has 1 aromatic carbocycles. The molecule has 8 heteroatoms. The van der Waals surface area contributed by atoms with Crippen LogP contribution in [0.25, 0.3) is 0 Å². The van der Waals surface area contributed by atoms with Crippen molar-refractivity contribution in [2.24, 2.45) is 0 Å². The van der Waals surface area contributed by atoms with E-state index in [9.17, 15) is 18.0 Å². The van der Waals surface area contributed by atoms with Crippen molar-refractivity contribution in [2.45, 2.75) is 12.2 Å². The van der Waals surface area contributed by atoms with Crippen molar-refractivity contribution in [1.29, 1.82) is 0 Å². The molecule has 0 aliphatic carbocycles. The highest BCUT2D eigenvalue weighted by atomic mass is 19.4. The third-order valence-corrected chi connectivity index (χ3v) is 2.25. The Labute approximate surface area is 107 Å². The molecule has 0 saturated carbocycles. The summed E-state index contributed by atoms with van der Waals surface area (Å²) in [4.78, 5) is 11.4. The molecule has 0 aromatic heterocycles. The zero-order chi connectivity index (χ0) is 14.5. The maximum atomic E-state index is 12.3. The number of nitrogens with one attached hydrogen (secondary N) is 2. The number of carbonyl (C=O) groups is 1. The SMILES string of the molecule is O=C(Nc1ccc(C(F)(F)F)cc1)NC(CO)CO. The summed E-state index contributed by atoms with van der Waals surface area (Å²) < 4.78 is 36.9. The fourth-order valence-corrected chi connectivity index (χ4v) is 1.24. The fourth-order valence-electron chi connectivity index (χ4n) is 1.24. The van der Waals surface area contributed by atoms with E-state index in [0.717, 1.165) is 24.3 Å². The van der Waals surface area contributed by atoms with Gasteiger partial charge in [0.1, 0.15) is 0 Å². The first-order valence-corrected chi connectivity index (χ1v) is 5.33. The van der Waals surface area contributed by atoms with Crippen LogP contribution in [0.4, 0.5) is 23.7 Å². The van der Waals surface area contributed by atoms with Crippen molar-refractivity contribution in [3.63, 3.8) is 0 Å². The number of carbonyl (C=O) groups excluding carboxylic acids is 1. The molecule has 0 bridgehead atoms. The maximum Gasteiger partial charge on any atom is 0.416 e. The van der Waals surface area contributed by atoms with Crippen molar-refractivity contribution in [3.05, 3.63) is 29.8 Å². The third-order valence-electron chi connectivity index (χ3n) is 2.25. The van der Waals surface area contributed by atoms with Crippen LogP contribution in [0.2, 0.25) is 0 Å². The summed E-state index contributed by atoms with van der Waals surface area (Å²) in [5.41, 5.74) is -0.651. The van der Waals surface area contributed by atoms with Gasteiger partial charge in [0, 0.05) is 5.69 Å². The summed E-state index contributed by atoms with van der Waals surface area (Å²) in [6.07, 6.45) is -4.43. The van der Waals surface area contributed by atoms with Crippen molar-refractivity contribution in [1.82, 2.24) is 5.32 Å². The molecule has 2 amide bonds. The minimum absolute atomic E-state index is 0.167. The fraction of sp³-hybridized carbons (Fsp3) is 0.364. The third kappa shape index (κ3) is 4.76. The van der Waals surface area contributed by atoms with Gasteiger partial charge in [0.15, 0.2) is 0 Å². The summed E-state index contributed by atoms with van der Waals surface area (Å²) in [6, 6.07) is 2.34. The van der Waals surface area contributed by atoms with Crippen molar-refractivity contribution >= 4 is 11.7 Å². The lowest BCUT2D eigenvalue weighted by Gasteiger charge is -2.14. The Hall–Kier alpha value is -1.80. The highest BCUT2D eigenvalue weighted by molar-refractivity contribution is 5.89. The number of urea groups is 1. The maximum absolute atomic E-state index is 12.3. The van der Waals surface area contributed by atoms with Gasteiger partial charge in [0.05, 0.1) is 24.8 Å². The van der Waals surface area contributed by atoms with Crippen LogP contribution in [0, 0.1) is 0 Å². The molecule has 5 nitrogen and oxygen atoms in total. The summed E-state index contributed by atoms with van der Waals surface area (Å²) in [5.74, 6) is 0. The van der Waals surface area contributed by atoms with Gasteiger partial charge in [0.25, 0.3) is 0 Å². The predicted octanol–water partition coefficient (Wildman–Crippen LogP) is 1.18. The first kappa shape index (κ1) is 15.3. The molecule has 0 atom stereocenters.